The maximum absolute atomic E-state index is 11.9. The van der Waals surface area contributed by atoms with Gasteiger partial charge in [-0.1, -0.05) is 18.7 Å². The number of benzene rings is 1. The van der Waals surface area contributed by atoms with Crippen LogP contribution in [0.2, 0.25) is 0 Å². The van der Waals surface area contributed by atoms with Gasteiger partial charge in [0.05, 0.1) is 13.7 Å². The third-order valence-corrected chi connectivity index (χ3v) is 3.84. The van der Waals surface area contributed by atoms with Crippen LogP contribution in [0.1, 0.15) is 18.4 Å². The molecule has 25 heavy (non-hydrogen) atoms. The number of nitrogens with zero attached hydrogens (tertiary/aromatic N) is 1. The summed E-state index contributed by atoms with van der Waals surface area (Å²) in [6, 6.07) is 5.37. The predicted octanol–water partition coefficient (Wildman–Crippen LogP) is 2.01. The Morgan fingerprint density at radius 2 is 2.04 bits per heavy atom. The van der Waals surface area contributed by atoms with Gasteiger partial charge < -0.3 is 19.7 Å². The molecular weight excluding hydrogens is 320 g/mol. The fourth-order valence-electron chi connectivity index (χ4n) is 2.53. The molecule has 6 nitrogen and oxygen atoms in total. The molecule has 1 N–H and O–H groups in total. The highest BCUT2D eigenvalue weighted by molar-refractivity contribution is 5.94. The lowest BCUT2D eigenvalue weighted by molar-refractivity contribution is -0.131. The predicted molar refractivity (Wildman–Crippen MR) is 96.5 cm³/mol. The fraction of sp³-hybridized carbons (Fsp3) is 0.368. The van der Waals surface area contributed by atoms with Gasteiger partial charge >= 0.3 is 0 Å². The molecule has 1 fully saturated rings. The van der Waals surface area contributed by atoms with Crippen LogP contribution in [0.3, 0.4) is 0 Å². The van der Waals surface area contributed by atoms with Gasteiger partial charge in [-0.2, -0.15) is 0 Å². The molecule has 0 spiro atoms. The van der Waals surface area contributed by atoms with Gasteiger partial charge in [0.2, 0.25) is 11.8 Å². The van der Waals surface area contributed by atoms with Crippen molar-refractivity contribution in [3.05, 3.63) is 42.5 Å². The van der Waals surface area contributed by atoms with E-state index in [9.17, 15) is 9.59 Å². The molecule has 1 heterocycles. The van der Waals surface area contributed by atoms with Crippen molar-refractivity contribution in [1.29, 1.82) is 0 Å². The van der Waals surface area contributed by atoms with Crippen LogP contribution < -0.4 is 14.8 Å². The number of hydrogen-bond acceptors (Lipinski definition) is 4. The van der Waals surface area contributed by atoms with Crippen molar-refractivity contribution in [3.8, 4) is 11.5 Å². The summed E-state index contributed by atoms with van der Waals surface area (Å²) in [5, 5.41) is 2.61. The van der Waals surface area contributed by atoms with E-state index in [4.69, 9.17) is 9.47 Å². The zero-order valence-corrected chi connectivity index (χ0v) is 14.5. The second-order valence-electron chi connectivity index (χ2n) is 5.65. The average molecular weight is 344 g/mol. The van der Waals surface area contributed by atoms with E-state index in [1.54, 1.807) is 36.3 Å². The first-order valence-corrected chi connectivity index (χ1v) is 8.29. The first-order chi connectivity index (χ1) is 12.1. The van der Waals surface area contributed by atoms with E-state index in [1.165, 1.54) is 6.08 Å². The molecule has 1 saturated heterocycles. The normalized spacial score (nSPS) is 13.7. The molecular formula is C19H24N2O4. The van der Waals surface area contributed by atoms with Crippen LogP contribution in [0.15, 0.2) is 36.9 Å². The van der Waals surface area contributed by atoms with Gasteiger partial charge in [0, 0.05) is 19.2 Å². The zero-order valence-electron chi connectivity index (χ0n) is 14.5. The Hall–Kier alpha value is -2.76. The van der Waals surface area contributed by atoms with Crippen LogP contribution in [0.25, 0.3) is 6.08 Å². The minimum absolute atomic E-state index is 0.0286. The van der Waals surface area contributed by atoms with Crippen molar-refractivity contribution in [2.45, 2.75) is 12.8 Å². The van der Waals surface area contributed by atoms with Gasteiger partial charge in [-0.05, 0) is 36.6 Å². The van der Waals surface area contributed by atoms with E-state index < -0.39 is 0 Å². The summed E-state index contributed by atoms with van der Waals surface area (Å²) in [5.41, 5.74) is 0.795. The summed E-state index contributed by atoms with van der Waals surface area (Å²) in [6.45, 7) is 5.59. The van der Waals surface area contributed by atoms with Crippen molar-refractivity contribution in [2.24, 2.45) is 0 Å². The molecule has 0 aromatic heterocycles. The third-order valence-electron chi connectivity index (χ3n) is 3.84. The number of carbonyl (C=O) groups is 2. The molecule has 0 aliphatic carbocycles. The van der Waals surface area contributed by atoms with Crippen LogP contribution >= 0.6 is 0 Å². The summed E-state index contributed by atoms with van der Waals surface area (Å²) >= 11 is 0. The maximum Gasteiger partial charge on any atom is 0.244 e. The molecule has 1 aromatic rings. The van der Waals surface area contributed by atoms with Crippen LogP contribution in [0.4, 0.5) is 0 Å². The number of amides is 2. The first-order valence-electron chi connectivity index (χ1n) is 8.29. The van der Waals surface area contributed by atoms with Crippen LogP contribution in [-0.4, -0.2) is 50.1 Å². The van der Waals surface area contributed by atoms with E-state index in [1.807, 2.05) is 6.07 Å². The van der Waals surface area contributed by atoms with Gasteiger partial charge in [0.25, 0.3) is 0 Å². The van der Waals surface area contributed by atoms with E-state index in [-0.39, 0.29) is 18.4 Å². The van der Waals surface area contributed by atoms with Gasteiger partial charge in [-0.25, -0.2) is 0 Å². The molecule has 0 atom stereocenters. The minimum Gasteiger partial charge on any atom is -0.493 e. The highest BCUT2D eigenvalue weighted by Crippen LogP contribution is 2.28. The molecule has 0 bridgehead atoms. The summed E-state index contributed by atoms with van der Waals surface area (Å²) in [6.07, 6.45) is 6.79. The van der Waals surface area contributed by atoms with E-state index >= 15 is 0 Å². The summed E-state index contributed by atoms with van der Waals surface area (Å²) in [5.74, 6) is 0.844. The number of rotatable bonds is 8. The largest absolute Gasteiger partial charge is 0.493 e. The van der Waals surface area contributed by atoms with E-state index in [0.717, 1.165) is 31.5 Å². The Kier molecular flexibility index (Phi) is 7.07. The number of ether oxygens (including phenoxy) is 2. The van der Waals surface area contributed by atoms with Crippen molar-refractivity contribution in [2.75, 3.05) is 33.4 Å². The minimum atomic E-state index is -0.307. The van der Waals surface area contributed by atoms with Crippen molar-refractivity contribution >= 4 is 17.9 Å². The average Bonchev–Trinajstić information content (AvgIpc) is 3.17. The van der Waals surface area contributed by atoms with Gasteiger partial charge in [-0.3, -0.25) is 9.59 Å². The SMILES string of the molecule is C=CCOc1ccc(/C=C/C(=O)NCC(=O)N2CCCC2)cc1OC. The molecule has 0 radical (unpaired) electrons. The van der Waals surface area contributed by atoms with E-state index in [2.05, 4.69) is 11.9 Å². The molecule has 1 aliphatic rings. The smallest absolute Gasteiger partial charge is 0.244 e. The van der Waals surface area contributed by atoms with Crippen molar-refractivity contribution in [3.63, 3.8) is 0 Å². The number of methoxy groups -OCH3 is 1. The molecule has 0 unspecified atom stereocenters. The fourth-order valence-corrected chi connectivity index (χ4v) is 2.53. The Morgan fingerprint density at radius 3 is 2.72 bits per heavy atom. The number of hydrogen-bond donors (Lipinski definition) is 1. The molecule has 6 heteroatoms. The Balaban J connectivity index is 1.88. The van der Waals surface area contributed by atoms with Crippen molar-refractivity contribution in [1.82, 2.24) is 10.2 Å². The topological polar surface area (TPSA) is 67.9 Å². The van der Waals surface area contributed by atoms with Gasteiger partial charge in [0.1, 0.15) is 6.61 Å². The molecule has 1 aliphatic heterocycles. The Labute approximate surface area is 148 Å². The molecule has 134 valence electrons. The van der Waals surface area contributed by atoms with Crippen LogP contribution in [0.5, 0.6) is 11.5 Å². The summed E-state index contributed by atoms with van der Waals surface area (Å²) in [4.78, 5) is 25.5. The lowest BCUT2D eigenvalue weighted by Gasteiger charge is -2.14. The van der Waals surface area contributed by atoms with Crippen molar-refractivity contribution < 1.29 is 19.1 Å². The summed E-state index contributed by atoms with van der Waals surface area (Å²) in [7, 11) is 1.56. The van der Waals surface area contributed by atoms with Gasteiger partial charge in [0.15, 0.2) is 11.5 Å². The third kappa shape index (κ3) is 5.67. The second kappa shape index (κ2) is 9.52. The molecule has 1 aromatic carbocycles. The highest BCUT2D eigenvalue weighted by atomic mass is 16.5. The quantitative estimate of drug-likeness (QED) is 0.579. The zero-order chi connectivity index (χ0) is 18.1. The Bertz CT molecular complexity index is 649. The standard InChI is InChI=1S/C19H24N2O4/c1-3-12-25-16-8-6-15(13-17(16)24-2)7-9-18(22)20-14-19(23)21-10-4-5-11-21/h3,6-9,13H,1,4-5,10-12,14H2,2H3,(H,20,22)/b9-7+. The van der Waals surface area contributed by atoms with Gasteiger partial charge in [-0.15, -0.1) is 0 Å². The van der Waals surface area contributed by atoms with Crippen LogP contribution in [0, 0.1) is 0 Å². The first kappa shape index (κ1) is 18.6. The number of nitrogens with one attached hydrogen (secondary N) is 1. The monoisotopic (exact) mass is 344 g/mol. The second-order valence-corrected chi connectivity index (χ2v) is 5.65. The molecule has 2 rings (SSSR count). The number of likely N-dealkylation sites (tertiary alicyclic amines) is 1. The number of carbonyl (C=O) groups excluding carboxylic acids is 2. The lowest BCUT2D eigenvalue weighted by atomic mass is 10.2. The maximum atomic E-state index is 11.9. The molecule has 2 amide bonds. The lowest BCUT2D eigenvalue weighted by Crippen LogP contribution is -2.38. The van der Waals surface area contributed by atoms with E-state index in [0.29, 0.717) is 18.1 Å². The highest BCUT2D eigenvalue weighted by Gasteiger charge is 2.17. The van der Waals surface area contributed by atoms with Crippen LogP contribution in [-0.2, 0) is 9.59 Å². The Morgan fingerprint density at radius 1 is 1.28 bits per heavy atom. The molecule has 0 saturated carbocycles. The summed E-state index contributed by atoms with van der Waals surface area (Å²) < 4.78 is 10.8.